The quantitative estimate of drug-likeness (QED) is 0.893. The van der Waals surface area contributed by atoms with Crippen LogP contribution in [0, 0.1) is 0 Å². The molecule has 0 aliphatic carbocycles. The fourth-order valence-electron chi connectivity index (χ4n) is 1.69. The van der Waals surface area contributed by atoms with Gasteiger partial charge in [0.15, 0.2) is 0 Å². The molecule has 0 radical (unpaired) electrons. The summed E-state index contributed by atoms with van der Waals surface area (Å²) in [5, 5.41) is 0.373. The van der Waals surface area contributed by atoms with Gasteiger partial charge in [-0.15, -0.1) is 0 Å². The highest BCUT2D eigenvalue weighted by Crippen LogP contribution is 2.33. The Morgan fingerprint density at radius 2 is 1.94 bits per heavy atom. The van der Waals surface area contributed by atoms with E-state index in [-0.39, 0.29) is 17.6 Å². The Kier molecular flexibility index (Phi) is 2.94. The van der Waals surface area contributed by atoms with Gasteiger partial charge in [0.2, 0.25) is 5.91 Å². The zero-order valence-electron chi connectivity index (χ0n) is 9.16. The van der Waals surface area contributed by atoms with Gasteiger partial charge in [-0.3, -0.25) is 9.78 Å². The summed E-state index contributed by atoms with van der Waals surface area (Å²) in [6, 6.07) is 6.80. The molecule has 2 N–H and O–H groups in total. The van der Waals surface area contributed by atoms with Crippen molar-refractivity contribution in [2.75, 3.05) is 0 Å². The van der Waals surface area contributed by atoms with Gasteiger partial charge in [-0.25, -0.2) is 0 Å². The summed E-state index contributed by atoms with van der Waals surface area (Å²) in [7, 11) is 0. The van der Waals surface area contributed by atoms with Gasteiger partial charge < -0.3 is 5.73 Å². The standard InChI is InChI=1S/C12H9F3N2O/c13-12(14,15)9-3-1-2-7-4-5-8(6-10(16)18)17-11(7)9/h1-5H,6H2,(H2,16,18). The van der Waals surface area contributed by atoms with Crippen molar-refractivity contribution >= 4 is 16.8 Å². The molecule has 0 atom stereocenters. The number of pyridine rings is 1. The van der Waals surface area contributed by atoms with Gasteiger partial charge in [-0.1, -0.05) is 18.2 Å². The number of para-hydroxylation sites is 1. The van der Waals surface area contributed by atoms with Crippen molar-refractivity contribution in [1.29, 1.82) is 0 Å². The molecular formula is C12H9F3N2O. The van der Waals surface area contributed by atoms with E-state index in [2.05, 4.69) is 4.98 Å². The van der Waals surface area contributed by atoms with E-state index in [0.717, 1.165) is 6.07 Å². The lowest BCUT2D eigenvalue weighted by atomic mass is 10.1. The third kappa shape index (κ3) is 2.42. The minimum Gasteiger partial charge on any atom is -0.369 e. The predicted octanol–water partition coefficient (Wildman–Crippen LogP) is 2.28. The molecule has 1 amide bonds. The first-order valence-electron chi connectivity index (χ1n) is 5.12. The summed E-state index contributed by atoms with van der Waals surface area (Å²) in [5.74, 6) is -0.633. The van der Waals surface area contributed by atoms with Crippen LogP contribution in [0.3, 0.4) is 0 Å². The van der Waals surface area contributed by atoms with Gasteiger partial charge in [0.25, 0.3) is 0 Å². The van der Waals surface area contributed by atoms with E-state index < -0.39 is 17.6 Å². The fraction of sp³-hybridized carbons (Fsp3) is 0.167. The molecule has 94 valence electrons. The van der Waals surface area contributed by atoms with E-state index in [4.69, 9.17) is 5.73 Å². The first-order valence-corrected chi connectivity index (χ1v) is 5.12. The van der Waals surface area contributed by atoms with Crippen LogP contribution in [-0.2, 0) is 17.4 Å². The number of carbonyl (C=O) groups excluding carboxylic acids is 1. The average molecular weight is 254 g/mol. The molecule has 0 unspecified atom stereocenters. The molecule has 0 saturated heterocycles. The molecule has 1 aromatic heterocycles. The van der Waals surface area contributed by atoms with Gasteiger partial charge >= 0.3 is 6.18 Å². The molecule has 3 nitrogen and oxygen atoms in total. The topological polar surface area (TPSA) is 56.0 Å². The number of aromatic nitrogens is 1. The molecule has 2 aromatic rings. The lowest BCUT2D eigenvalue weighted by Crippen LogP contribution is -2.15. The van der Waals surface area contributed by atoms with Crippen molar-refractivity contribution in [1.82, 2.24) is 4.98 Å². The lowest BCUT2D eigenvalue weighted by Gasteiger charge is -2.10. The third-order valence-electron chi connectivity index (χ3n) is 2.44. The maximum absolute atomic E-state index is 12.8. The van der Waals surface area contributed by atoms with E-state index in [0.29, 0.717) is 5.39 Å². The number of amides is 1. The van der Waals surface area contributed by atoms with Crippen LogP contribution < -0.4 is 5.73 Å². The number of hydrogen-bond donors (Lipinski definition) is 1. The van der Waals surface area contributed by atoms with Gasteiger partial charge in [0.05, 0.1) is 23.2 Å². The Morgan fingerprint density at radius 1 is 1.22 bits per heavy atom. The van der Waals surface area contributed by atoms with Crippen LogP contribution in [0.1, 0.15) is 11.3 Å². The number of benzene rings is 1. The van der Waals surface area contributed by atoms with E-state index in [1.807, 2.05) is 0 Å². The van der Waals surface area contributed by atoms with E-state index in [1.165, 1.54) is 24.3 Å². The largest absolute Gasteiger partial charge is 0.418 e. The average Bonchev–Trinajstić information content (AvgIpc) is 2.26. The molecule has 6 heteroatoms. The monoisotopic (exact) mass is 254 g/mol. The van der Waals surface area contributed by atoms with Crippen molar-refractivity contribution in [3.63, 3.8) is 0 Å². The molecule has 0 aliphatic rings. The maximum atomic E-state index is 12.8. The molecular weight excluding hydrogens is 245 g/mol. The number of alkyl halides is 3. The first kappa shape index (κ1) is 12.3. The minimum absolute atomic E-state index is 0.163. The van der Waals surface area contributed by atoms with Crippen molar-refractivity contribution in [3.8, 4) is 0 Å². The van der Waals surface area contributed by atoms with Crippen LogP contribution in [-0.4, -0.2) is 10.9 Å². The highest BCUT2D eigenvalue weighted by atomic mass is 19.4. The first-order chi connectivity index (χ1) is 8.38. The third-order valence-corrected chi connectivity index (χ3v) is 2.44. The number of carbonyl (C=O) groups is 1. The Bertz CT molecular complexity index is 608. The summed E-state index contributed by atoms with van der Waals surface area (Å²) in [5.41, 5.74) is 4.24. The molecule has 18 heavy (non-hydrogen) atoms. The van der Waals surface area contributed by atoms with Crippen LogP contribution in [0.4, 0.5) is 13.2 Å². The van der Waals surface area contributed by atoms with Crippen LogP contribution in [0.5, 0.6) is 0 Å². The van der Waals surface area contributed by atoms with Crippen LogP contribution in [0.2, 0.25) is 0 Å². The van der Waals surface area contributed by atoms with Gasteiger partial charge in [-0.2, -0.15) is 13.2 Å². The number of rotatable bonds is 2. The second-order valence-electron chi connectivity index (χ2n) is 3.82. The van der Waals surface area contributed by atoms with Crippen molar-refractivity contribution in [2.24, 2.45) is 5.73 Å². The second kappa shape index (κ2) is 4.29. The summed E-state index contributed by atoms with van der Waals surface area (Å²) >= 11 is 0. The molecule has 0 saturated carbocycles. The van der Waals surface area contributed by atoms with E-state index in [1.54, 1.807) is 0 Å². The molecule has 1 heterocycles. The maximum Gasteiger partial charge on any atom is 0.418 e. The summed E-state index contributed by atoms with van der Waals surface area (Å²) < 4.78 is 38.3. The summed E-state index contributed by atoms with van der Waals surface area (Å²) in [6.45, 7) is 0. The smallest absolute Gasteiger partial charge is 0.369 e. The van der Waals surface area contributed by atoms with Gasteiger partial charge in [0.1, 0.15) is 0 Å². The Hall–Kier alpha value is -2.11. The van der Waals surface area contributed by atoms with Gasteiger partial charge in [0, 0.05) is 5.39 Å². The molecule has 0 fully saturated rings. The number of nitrogens with two attached hydrogens (primary N) is 1. The number of hydrogen-bond acceptors (Lipinski definition) is 2. The highest BCUT2D eigenvalue weighted by Gasteiger charge is 2.33. The van der Waals surface area contributed by atoms with E-state index in [9.17, 15) is 18.0 Å². The number of fused-ring (bicyclic) bond motifs is 1. The number of primary amides is 1. The Morgan fingerprint density at radius 3 is 2.56 bits per heavy atom. The molecule has 1 aromatic carbocycles. The SMILES string of the molecule is NC(=O)Cc1ccc2cccc(C(F)(F)F)c2n1. The van der Waals surface area contributed by atoms with Gasteiger partial charge in [-0.05, 0) is 12.1 Å². The van der Waals surface area contributed by atoms with Crippen molar-refractivity contribution in [2.45, 2.75) is 12.6 Å². The molecule has 0 bridgehead atoms. The molecule has 0 spiro atoms. The zero-order valence-corrected chi connectivity index (χ0v) is 9.16. The normalized spacial score (nSPS) is 11.7. The van der Waals surface area contributed by atoms with Crippen LogP contribution >= 0.6 is 0 Å². The van der Waals surface area contributed by atoms with Crippen LogP contribution in [0.15, 0.2) is 30.3 Å². The van der Waals surface area contributed by atoms with Crippen molar-refractivity contribution < 1.29 is 18.0 Å². The summed E-state index contributed by atoms with van der Waals surface area (Å²) in [6.07, 6.45) is -4.65. The van der Waals surface area contributed by atoms with E-state index >= 15 is 0 Å². The zero-order chi connectivity index (χ0) is 13.3. The minimum atomic E-state index is -4.47. The predicted molar refractivity (Wildman–Crippen MR) is 59.6 cm³/mol. The number of halogens is 3. The molecule has 0 aliphatic heterocycles. The van der Waals surface area contributed by atoms with Crippen LogP contribution in [0.25, 0.3) is 10.9 Å². The Balaban J connectivity index is 2.62. The molecule has 2 rings (SSSR count). The highest BCUT2D eigenvalue weighted by molar-refractivity contribution is 5.83. The second-order valence-corrected chi connectivity index (χ2v) is 3.82. The lowest BCUT2D eigenvalue weighted by molar-refractivity contribution is -0.136. The fourth-order valence-corrected chi connectivity index (χ4v) is 1.69. The number of nitrogens with zero attached hydrogens (tertiary/aromatic N) is 1. The summed E-state index contributed by atoms with van der Waals surface area (Å²) in [4.78, 5) is 14.6. The van der Waals surface area contributed by atoms with Crippen molar-refractivity contribution in [3.05, 3.63) is 41.6 Å². The Labute approximate surface area is 100 Å².